The number of amides is 1. The molecule has 0 radical (unpaired) electrons. The molecule has 5 heteroatoms. The number of carbonyl (C=O) groups is 2. The van der Waals surface area contributed by atoms with E-state index >= 15 is 0 Å². The van der Waals surface area contributed by atoms with Crippen LogP contribution >= 0.6 is 11.8 Å². The van der Waals surface area contributed by atoms with E-state index < -0.39 is 0 Å². The number of rotatable bonds is 4. The van der Waals surface area contributed by atoms with E-state index in [2.05, 4.69) is 6.92 Å². The van der Waals surface area contributed by atoms with Gasteiger partial charge in [-0.1, -0.05) is 19.1 Å². The maximum Gasteiger partial charge on any atom is 0.307 e. The van der Waals surface area contributed by atoms with Crippen molar-refractivity contribution < 1.29 is 14.3 Å². The number of thioether (sulfide) groups is 1. The summed E-state index contributed by atoms with van der Waals surface area (Å²) in [7, 11) is 1.38. The zero-order valence-corrected chi connectivity index (χ0v) is 13.3. The summed E-state index contributed by atoms with van der Waals surface area (Å²) in [5, 5.41) is 0. The lowest BCUT2D eigenvalue weighted by Crippen LogP contribution is -2.47. The molecule has 1 aliphatic heterocycles. The van der Waals surface area contributed by atoms with Gasteiger partial charge in [0.2, 0.25) is 0 Å². The fourth-order valence-electron chi connectivity index (χ4n) is 2.42. The van der Waals surface area contributed by atoms with Crippen LogP contribution in [0, 0.1) is 0 Å². The van der Waals surface area contributed by atoms with Crippen molar-refractivity contribution >= 4 is 23.6 Å². The Balaban J connectivity index is 2.11. The second-order valence-corrected chi connectivity index (χ2v) is 6.21. The fourth-order valence-corrected chi connectivity index (χ4v) is 3.48. The zero-order valence-electron chi connectivity index (χ0n) is 12.5. The number of carbonyl (C=O) groups excluding carboxylic acids is 2. The van der Waals surface area contributed by atoms with E-state index in [0.29, 0.717) is 12.1 Å². The summed E-state index contributed by atoms with van der Waals surface area (Å²) in [5.74, 6) is 1.44. The molecule has 0 N–H and O–H groups in total. The van der Waals surface area contributed by atoms with Crippen LogP contribution in [-0.2, 0) is 16.0 Å². The lowest BCUT2D eigenvalue weighted by atomic mass is 10.1. The van der Waals surface area contributed by atoms with Crippen LogP contribution in [0.15, 0.2) is 24.3 Å². The Labute approximate surface area is 129 Å². The average molecular weight is 307 g/mol. The molecule has 0 aliphatic carbocycles. The first-order valence-electron chi connectivity index (χ1n) is 7.20. The molecule has 2 rings (SSSR count). The summed E-state index contributed by atoms with van der Waals surface area (Å²) >= 11 is 1.78. The summed E-state index contributed by atoms with van der Waals surface area (Å²) in [6.07, 6.45) is 1.22. The highest BCUT2D eigenvalue weighted by Crippen LogP contribution is 2.22. The Morgan fingerprint density at radius 2 is 2.05 bits per heavy atom. The number of methoxy groups -OCH3 is 1. The standard InChI is InChI=1S/C16H21NO3S/c1-3-12-4-6-13(7-5-12)16(19)17-8-9-21-11-14(17)10-15(18)20-2/h4-7,14H,3,8-11H2,1-2H3/t14-/m1/s1. The van der Waals surface area contributed by atoms with Crippen molar-refractivity contribution in [2.75, 3.05) is 25.2 Å². The van der Waals surface area contributed by atoms with Gasteiger partial charge in [-0.3, -0.25) is 9.59 Å². The fraction of sp³-hybridized carbons (Fsp3) is 0.500. The molecule has 0 aromatic heterocycles. The van der Waals surface area contributed by atoms with Gasteiger partial charge in [0.05, 0.1) is 19.6 Å². The normalized spacial score (nSPS) is 18.4. The van der Waals surface area contributed by atoms with Crippen LogP contribution in [0.5, 0.6) is 0 Å². The minimum Gasteiger partial charge on any atom is -0.469 e. The van der Waals surface area contributed by atoms with Crippen LogP contribution in [0.3, 0.4) is 0 Å². The first-order chi connectivity index (χ1) is 10.2. The Kier molecular flexibility index (Phi) is 5.67. The molecule has 1 aromatic carbocycles. The van der Waals surface area contributed by atoms with Gasteiger partial charge in [-0.2, -0.15) is 11.8 Å². The summed E-state index contributed by atoms with van der Waals surface area (Å²) in [4.78, 5) is 26.0. The predicted molar refractivity (Wildman–Crippen MR) is 84.6 cm³/mol. The Morgan fingerprint density at radius 1 is 1.33 bits per heavy atom. The second-order valence-electron chi connectivity index (χ2n) is 5.06. The highest BCUT2D eigenvalue weighted by molar-refractivity contribution is 7.99. The van der Waals surface area contributed by atoms with E-state index in [-0.39, 0.29) is 24.3 Å². The molecule has 1 saturated heterocycles. The Hall–Kier alpha value is -1.49. The number of hydrogen-bond donors (Lipinski definition) is 0. The van der Waals surface area contributed by atoms with E-state index in [0.717, 1.165) is 17.9 Å². The number of esters is 1. The molecule has 4 nitrogen and oxygen atoms in total. The summed E-state index contributed by atoms with van der Waals surface area (Å²) in [6, 6.07) is 7.65. The van der Waals surface area contributed by atoms with Crippen LogP contribution in [0.2, 0.25) is 0 Å². The van der Waals surface area contributed by atoms with Crippen molar-refractivity contribution in [2.45, 2.75) is 25.8 Å². The molecule has 0 spiro atoms. The smallest absolute Gasteiger partial charge is 0.307 e. The van der Waals surface area contributed by atoms with Gasteiger partial charge >= 0.3 is 5.97 Å². The number of ether oxygens (including phenoxy) is 1. The van der Waals surface area contributed by atoms with Gasteiger partial charge in [0, 0.05) is 23.6 Å². The van der Waals surface area contributed by atoms with Gasteiger partial charge in [-0.05, 0) is 24.1 Å². The quantitative estimate of drug-likeness (QED) is 0.801. The van der Waals surface area contributed by atoms with Crippen molar-refractivity contribution in [1.82, 2.24) is 4.90 Å². The van der Waals surface area contributed by atoms with Gasteiger partial charge in [-0.25, -0.2) is 0 Å². The number of benzene rings is 1. The van der Waals surface area contributed by atoms with E-state index in [9.17, 15) is 9.59 Å². The molecule has 0 unspecified atom stereocenters. The predicted octanol–water partition coefficient (Wildman–Crippen LogP) is 2.37. The maximum absolute atomic E-state index is 12.6. The molecule has 0 bridgehead atoms. The number of nitrogens with zero attached hydrogens (tertiary/aromatic N) is 1. The highest BCUT2D eigenvalue weighted by atomic mass is 32.2. The number of hydrogen-bond acceptors (Lipinski definition) is 4. The summed E-state index contributed by atoms with van der Waals surface area (Å²) < 4.78 is 4.73. The molecular weight excluding hydrogens is 286 g/mol. The van der Waals surface area contributed by atoms with Crippen molar-refractivity contribution in [3.05, 3.63) is 35.4 Å². The minimum atomic E-state index is -0.262. The summed E-state index contributed by atoms with van der Waals surface area (Å²) in [5.41, 5.74) is 1.90. The highest BCUT2D eigenvalue weighted by Gasteiger charge is 2.29. The largest absolute Gasteiger partial charge is 0.469 e. The van der Waals surface area contributed by atoms with Crippen molar-refractivity contribution in [3.8, 4) is 0 Å². The zero-order chi connectivity index (χ0) is 15.2. The van der Waals surface area contributed by atoms with E-state index in [1.165, 1.54) is 12.7 Å². The first kappa shape index (κ1) is 15.9. The van der Waals surface area contributed by atoms with Crippen molar-refractivity contribution in [1.29, 1.82) is 0 Å². The van der Waals surface area contributed by atoms with E-state index in [4.69, 9.17) is 4.74 Å². The lowest BCUT2D eigenvalue weighted by molar-refractivity contribution is -0.141. The van der Waals surface area contributed by atoms with Gasteiger partial charge < -0.3 is 9.64 Å². The van der Waals surface area contributed by atoms with Gasteiger partial charge in [0.1, 0.15) is 0 Å². The lowest BCUT2D eigenvalue weighted by Gasteiger charge is -2.35. The van der Waals surface area contributed by atoms with Crippen molar-refractivity contribution in [3.63, 3.8) is 0 Å². The van der Waals surface area contributed by atoms with E-state index in [1.54, 1.807) is 11.8 Å². The van der Waals surface area contributed by atoms with Crippen LogP contribution in [-0.4, -0.2) is 48.0 Å². The third-order valence-electron chi connectivity index (χ3n) is 3.73. The molecule has 1 atom stereocenters. The molecule has 1 amide bonds. The monoisotopic (exact) mass is 307 g/mol. The maximum atomic E-state index is 12.6. The van der Waals surface area contributed by atoms with Crippen LogP contribution < -0.4 is 0 Å². The van der Waals surface area contributed by atoms with Crippen molar-refractivity contribution in [2.24, 2.45) is 0 Å². The van der Waals surface area contributed by atoms with Gasteiger partial charge in [0.15, 0.2) is 0 Å². The SMILES string of the molecule is CCc1ccc(C(=O)N2CCSC[C@H]2CC(=O)OC)cc1. The molecule has 114 valence electrons. The minimum absolute atomic E-state index is 0.00635. The van der Waals surface area contributed by atoms with Crippen LogP contribution in [0.1, 0.15) is 29.3 Å². The molecule has 1 aliphatic rings. The molecule has 0 saturated carbocycles. The third-order valence-corrected chi connectivity index (χ3v) is 4.82. The van der Waals surface area contributed by atoms with Gasteiger partial charge in [0.25, 0.3) is 5.91 Å². The van der Waals surface area contributed by atoms with Crippen LogP contribution in [0.4, 0.5) is 0 Å². The number of aryl methyl sites for hydroxylation is 1. The Morgan fingerprint density at radius 3 is 2.67 bits per heavy atom. The molecule has 1 heterocycles. The van der Waals surface area contributed by atoms with Crippen LogP contribution in [0.25, 0.3) is 0 Å². The third kappa shape index (κ3) is 4.00. The average Bonchev–Trinajstić information content (AvgIpc) is 2.54. The molecule has 1 fully saturated rings. The first-order valence-corrected chi connectivity index (χ1v) is 8.35. The topological polar surface area (TPSA) is 46.6 Å². The summed E-state index contributed by atoms with van der Waals surface area (Å²) in [6.45, 7) is 2.77. The molecule has 21 heavy (non-hydrogen) atoms. The molecule has 1 aromatic rings. The second kappa shape index (κ2) is 7.50. The van der Waals surface area contributed by atoms with Gasteiger partial charge in [-0.15, -0.1) is 0 Å². The Bertz CT molecular complexity index is 501. The molecular formula is C16H21NO3S. The van der Waals surface area contributed by atoms with E-state index in [1.807, 2.05) is 29.2 Å².